The van der Waals surface area contributed by atoms with Gasteiger partial charge in [-0.15, -0.1) is 0 Å². The highest BCUT2D eigenvalue weighted by Gasteiger charge is 2.18. The van der Waals surface area contributed by atoms with Crippen LogP contribution in [0.4, 0.5) is 4.39 Å². The highest BCUT2D eigenvalue weighted by molar-refractivity contribution is 6.31. The van der Waals surface area contributed by atoms with Crippen LogP contribution in [0.25, 0.3) is 11.0 Å². The van der Waals surface area contributed by atoms with E-state index in [0.717, 1.165) is 11.1 Å². The Bertz CT molecular complexity index is 781. The Morgan fingerprint density at radius 3 is 2.70 bits per heavy atom. The molecule has 102 valence electrons. The van der Waals surface area contributed by atoms with Gasteiger partial charge in [-0.3, -0.25) is 0 Å². The van der Waals surface area contributed by atoms with E-state index < -0.39 is 11.9 Å². The van der Waals surface area contributed by atoms with E-state index >= 15 is 0 Å². The maximum atomic E-state index is 13.6. The second-order valence-electron chi connectivity index (χ2n) is 4.81. The first-order chi connectivity index (χ1) is 9.56. The fourth-order valence-electron chi connectivity index (χ4n) is 2.24. The number of aryl methyl sites for hydroxylation is 1. The molecule has 1 atom stereocenters. The molecular weight excluding hydrogens is 277 g/mol. The Balaban J connectivity index is 2.08. The van der Waals surface area contributed by atoms with Crippen LogP contribution >= 0.6 is 11.6 Å². The number of benzene rings is 2. The second-order valence-corrected chi connectivity index (χ2v) is 5.22. The summed E-state index contributed by atoms with van der Waals surface area (Å²) < 4.78 is 19.2. The van der Waals surface area contributed by atoms with Gasteiger partial charge in [-0.2, -0.15) is 0 Å². The van der Waals surface area contributed by atoms with Crippen molar-refractivity contribution in [3.05, 3.63) is 70.2 Å². The summed E-state index contributed by atoms with van der Waals surface area (Å²) in [5.41, 5.74) is 8.22. The van der Waals surface area contributed by atoms with Gasteiger partial charge in [0.1, 0.15) is 5.76 Å². The van der Waals surface area contributed by atoms with E-state index in [0.29, 0.717) is 16.2 Å². The molecule has 0 radical (unpaired) electrons. The van der Waals surface area contributed by atoms with Crippen LogP contribution in [0.5, 0.6) is 0 Å². The van der Waals surface area contributed by atoms with Gasteiger partial charge in [0.25, 0.3) is 0 Å². The topological polar surface area (TPSA) is 39.2 Å². The van der Waals surface area contributed by atoms with Gasteiger partial charge < -0.3 is 10.2 Å². The van der Waals surface area contributed by atoms with Crippen molar-refractivity contribution in [3.63, 3.8) is 0 Å². The molecule has 0 amide bonds. The maximum Gasteiger partial charge on any atom is 0.169 e. The van der Waals surface area contributed by atoms with Gasteiger partial charge in [-0.1, -0.05) is 35.9 Å². The number of fused-ring (bicyclic) bond motifs is 1. The predicted molar refractivity (Wildman–Crippen MR) is 78.4 cm³/mol. The summed E-state index contributed by atoms with van der Waals surface area (Å²) in [6.07, 6.45) is 0. The van der Waals surface area contributed by atoms with Gasteiger partial charge in [0, 0.05) is 10.4 Å². The zero-order valence-corrected chi connectivity index (χ0v) is 11.6. The fourth-order valence-corrected chi connectivity index (χ4v) is 2.59. The standard InChI is InChI=1S/C16H13ClFNO/c1-9-5-6-11(12(17)7-9)15(19)14-8-10-3-2-4-13(18)16(10)20-14/h2-8,15H,19H2,1H3. The van der Waals surface area contributed by atoms with Crippen LogP contribution in [-0.4, -0.2) is 0 Å². The third kappa shape index (κ3) is 2.19. The molecule has 2 nitrogen and oxygen atoms in total. The van der Waals surface area contributed by atoms with Crippen LogP contribution in [0, 0.1) is 12.7 Å². The Morgan fingerprint density at radius 2 is 2.00 bits per heavy atom. The minimum absolute atomic E-state index is 0.223. The normalized spacial score (nSPS) is 12.8. The summed E-state index contributed by atoms with van der Waals surface area (Å²) in [7, 11) is 0. The molecule has 3 rings (SSSR count). The summed E-state index contributed by atoms with van der Waals surface area (Å²) in [6, 6.07) is 11.7. The molecule has 0 bridgehead atoms. The SMILES string of the molecule is Cc1ccc(C(N)c2cc3cccc(F)c3o2)c(Cl)c1. The monoisotopic (exact) mass is 289 g/mol. The molecule has 0 saturated carbocycles. The predicted octanol–water partition coefficient (Wildman–Crippen LogP) is 4.58. The molecule has 0 aliphatic heterocycles. The highest BCUT2D eigenvalue weighted by Crippen LogP contribution is 2.31. The van der Waals surface area contributed by atoms with E-state index in [1.807, 2.05) is 25.1 Å². The van der Waals surface area contributed by atoms with Crippen LogP contribution in [0.3, 0.4) is 0 Å². The minimum atomic E-state index is -0.519. The van der Waals surface area contributed by atoms with Crippen molar-refractivity contribution in [1.29, 1.82) is 0 Å². The number of hydrogen-bond donors (Lipinski definition) is 1. The quantitative estimate of drug-likeness (QED) is 0.750. The van der Waals surface area contributed by atoms with Crippen molar-refractivity contribution >= 4 is 22.6 Å². The van der Waals surface area contributed by atoms with Crippen LogP contribution in [-0.2, 0) is 0 Å². The molecule has 1 aromatic heterocycles. The van der Waals surface area contributed by atoms with Crippen LogP contribution in [0.1, 0.15) is 22.9 Å². The van der Waals surface area contributed by atoms with Crippen molar-refractivity contribution in [2.24, 2.45) is 5.73 Å². The molecule has 20 heavy (non-hydrogen) atoms. The third-order valence-electron chi connectivity index (χ3n) is 3.31. The molecule has 0 fully saturated rings. The van der Waals surface area contributed by atoms with Gasteiger partial charge in [0.2, 0.25) is 0 Å². The van der Waals surface area contributed by atoms with E-state index in [1.54, 1.807) is 18.2 Å². The molecule has 0 aliphatic rings. The number of furan rings is 1. The first kappa shape index (κ1) is 13.2. The highest BCUT2D eigenvalue weighted by atomic mass is 35.5. The molecule has 0 aliphatic carbocycles. The Hall–Kier alpha value is -1.84. The average Bonchev–Trinajstić information content (AvgIpc) is 2.83. The maximum absolute atomic E-state index is 13.6. The lowest BCUT2D eigenvalue weighted by molar-refractivity contribution is 0.502. The lowest BCUT2D eigenvalue weighted by Crippen LogP contribution is -2.11. The van der Waals surface area contributed by atoms with E-state index in [-0.39, 0.29) is 5.58 Å². The van der Waals surface area contributed by atoms with Crippen LogP contribution in [0.15, 0.2) is 46.9 Å². The molecule has 0 saturated heterocycles. The zero-order valence-electron chi connectivity index (χ0n) is 10.9. The number of para-hydroxylation sites is 1. The van der Waals surface area contributed by atoms with Gasteiger partial charge >= 0.3 is 0 Å². The lowest BCUT2D eigenvalue weighted by Gasteiger charge is -2.11. The first-order valence-electron chi connectivity index (χ1n) is 6.26. The Labute approximate surface area is 121 Å². The summed E-state index contributed by atoms with van der Waals surface area (Å²) in [5, 5.41) is 1.28. The number of rotatable bonds is 2. The average molecular weight is 290 g/mol. The van der Waals surface area contributed by atoms with Crippen LogP contribution < -0.4 is 5.73 Å². The molecule has 2 aromatic carbocycles. The minimum Gasteiger partial charge on any atom is -0.456 e. The van der Waals surface area contributed by atoms with Gasteiger partial charge in [-0.05, 0) is 36.2 Å². The summed E-state index contributed by atoms with van der Waals surface area (Å²) >= 11 is 6.21. The van der Waals surface area contributed by atoms with Crippen molar-refractivity contribution in [1.82, 2.24) is 0 Å². The zero-order chi connectivity index (χ0) is 14.3. The number of nitrogens with two attached hydrogens (primary N) is 1. The Morgan fingerprint density at radius 1 is 1.20 bits per heavy atom. The van der Waals surface area contributed by atoms with E-state index in [2.05, 4.69) is 0 Å². The molecule has 1 unspecified atom stereocenters. The molecular formula is C16H13ClFNO. The largest absolute Gasteiger partial charge is 0.456 e. The van der Waals surface area contributed by atoms with Crippen molar-refractivity contribution in [3.8, 4) is 0 Å². The molecule has 1 heterocycles. The molecule has 2 N–H and O–H groups in total. The van der Waals surface area contributed by atoms with E-state index in [1.165, 1.54) is 6.07 Å². The van der Waals surface area contributed by atoms with E-state index in [9.17, 15) is 4.39 Å². The summed E-state index contributed by atoms with van der Waals surface area (Å²) in [6.45, 7) is 1.96. The smallest absolute Gasteiger partial charge is 0.169 e. The van der Waals surface area contributed by atoms with Gasteiger partial charge in [-0.25, -0.2) is 4.39 Å². The lowest BCUT2D eigenvalue weighted by atomic mass is 10.0. The van der Waals surface area contributed by atoms with Crippen LogP contribution in [0.2, 0.25) is 5.02 Å². The molecule has 0 spiro atoms. The summed E-state index contributed by atoms with van der Waals surface area (Å²) in [4.78, 5) is 0. The summed E-state index contributed by atoms with van der Waals surface area (Å²) in [5.74, 6) is 0.104. The van der Waals surface area contributed by atoms with Crippen molar-refractivity contribution in [2.75, 3.05) is 0 Å². The number of halogens is 2. The van der Waals surface area contributed by atoms with Gasteiger partial charge in [0.05, 0.1) is 6.04 Å². The first-order valence-corrected chi connectivity index (χ1v) is 6.63. The van der Waals surface area contributed by atoms with Crippen molar-refractivity contribution < 1.29 is 8.81 Å². The number of hydrogen-bond acceptors (Lipinski definition) is 2. The van der Waals surface area contributed by atoms with Gasteiger partial charge in [0.15, 0.2) is 11.4 Å². The fraction of sp³-hybridized carbons (Fsp3) is 0.125. The molecule has 3 aromatic rings. The second kappa shape index (κ2) is 4.93. The Kier molecular flexibility index (Phi) is 3.24. The third-order valence-corrected chi connectivity index (χ3v) is 3.64. The van der Waals surface area contributed by atoms with E-state index in [4.69, 9.17) is 21.8 Å². The van der Waals surface area contributed by atoms with Crippen molar-refractivity contribution in [2.45, 2.75) is 13.0 Å². The molecule has 4 heteroatoms.